The summed E-state index contributed by atoms with van der Waals surface area (Å²) in [4.78, 5) is 11.0. The van der Waals surface area contributed by atoms with E-state index in [1.54, 1.807) is 6.92 Å². The van der Waals surface area contributed by atoms with Crippen LogP contribution < -0.4 is 5.32 Å². The molecule has 0 fully saturated rings. The first-order chi connectivity index (χ1) is 7.10. The van der Waals surface area contributed by atoms with Crippen molar-refractivity contribution in [3.05, 3.63) is 0 Å². The van der Waals surface area contributed by atoms with Crippen molar-refractivity contribution in [3.8, 4) is 0 Å². The third kappa shape index (κ3) is 5.81. The van der Waals surface area contributed by atoms with Crippen molar-refractivity contribution in [2.45, 2.75) is 66.2 Å². The monoisotopic (exact) mass is 213 g/mol. The van der Waals surface area contributed by atoms with E-state index in [-0.39, 0.29) is 5.91 Å². The van der Waals surface area contributed by atoms with Crippen molar-refractivity contribution >= 4 is 5.91 Å². The van der Waals surface area contributed by atoms with Gasteiger partial charge in [-0.05, 0) is 24.7 Å². The molecule has 0 bridgehead atoms. The molecule has 0 aliphatic rings. The van der Waals surface area contributed by atoms with Crippen LogP contribution in [0.25, 0.3) is 0 Å². The van der Waals surface area contributed by atoms with Crippen LogP contribution >= 0.6 is 0 Å². The lowest BCUT2D eigenvalue weighted by Gasteiger charge is -2.33. The molecule has 0 aliphatic heterocycles. The van der Waals surface area contributed by atoms with Crippen LogP contribution in [0.5, 0.6) is 0 Å². The number of amides is 1. The van der Waals surface area contributed by atoms with Gasteiger partial charge in [0.15, 0.2) is 0 Å². The van der Waals surface area contributed by atoms with Crippen LogP contribution in [0.15, 0.2) is 0 Å². The van der Waals surface area contributed by atoms with Gasteiger partial charge in [-0.25, -0.2) is 0 Å². The standard InChI is InChI=1S/C13H27NO/c1-5-8-13(9-6-2,10-7-3)11-14-12(4)15/h5-11H2,1-4H3,(H,14,15). The Morgan fingerprint density at radius 3 is 1.67 bits per heavy atom. The van der Waals surface area contributed by atoms with Gasteiger partial charge in [0, 0.05) is 13.5 Å². The van der Waals surface area contributed by atoms with Gasteiger partial charge in [0.25, 0.3) is 0 Å². The molecule has 0 aromatic carbocycles. The van der Waals surface area contributed by atoms with E-state index in [2.05, 4.69) is 26.1 Å². The fourth-order valence-corrected chi connectivity index (χ4v) is 2.54. The molecule has 0 saturated carbocycles. The second-order valence-electron chi connectivity index (χ2n) is 4.66. The van der Waals surface area contributed by atoms with E-state index in [4.69, 9.17) is 0 Å². The number of carbonyl (C=O) groups is 1. The molecule has 0 unspecified atom stereocenters. The van der Waals surface area contributed by atoms with Gasteiger partial charge in [0.1, 0.15) is 0 Å². The molecular weight excluding hydrogens is 186 g/mol. The molecule has 1 amide bonds. The van der Waals surface area contributed by atoms with Crippen LogP contribution in [0, 0.1) is 5.41 Å². The summed E-state index contributed by atoms with van der Waals surface area (Å²) in [6.07, 6.45) is 7.32. The van der Waals surface area contributed by atoms with Crippen molar-refractivity contribution in [1.82, 2.24) is 5.32 Å². The fraction of sp³-hybridized carbons (Fsp3) is 0.923. The number of nitrogens with one attached hydrogen (secondary N) is 1. The van der Waals surface area contributed by atoms with Crippen LogP contribution in [0.1, 0.15) is 66.2 Å². The molecular formula is C13H27NO. The van der Waals surface area contributed by atoms with Gasteiger partial charge in [0.2, 0.25) is 5.91 Å². The van der Waals surface area contributed by atoms with Crippen LogP contribution in [-0.4, -0.2) is 12.5 Å². The zero-order valence-electron chi connectivity index (χ0n) is 10.9. The van der Waals surface area contributed by atoms with E-state index < -0.39 is 0 Å². The van der Waals surface area contributed by atoms with Gasteiger partial charge in [-0.3, -0.25) is 4.79 Å². The van der Waals surface area contributed by atoms with Crippen molar-refractivity contribution < 1.29 is 4.79 Å². The van der Waals surface area contributed by atoms with Crippen LogP contribution in [0.2, 0.25) is 0 Å². The maximum Gasteiger partial charge on any atom is 0.216 e. The first-order valence-electron chi connectivity index (χ1n) is 6.34. The highest BCUT2D eigenvalue weighted by Gasteiger charge is 2.27. The van der Waals surface area contributed by atoms with E-state index in [1.807, 2.05) is 0 Å². The summed E-state index contributed by atoms with van der Waals surface area (Å²) in [6, 6.07) is 0. The molecule has 90 valence electrons. The highest BCUT2D eigenvalue weighted by molar-refractivity contribution is 5.72. The normalized spacial score (nSPS) is 11.5. The minimum atomic E-state index is 0.0997. The number of hydrogen-bond donors (Lipinski definition) is 1. The molecule has 0 rings (SSSR count). The quantitative estimate of drug-likeness (QED) is 0.657. The molecule has 2 heteroatoms. The number of hydrogen-bond acceptors (Lipinski definition) is 1. The molecule has 0 aliphatic carbocycles. The zero-order valence-corrected chi connectivity index (χ0v) is 10.9. The van der Waals surface area contributed by atoms with Crippen molar-refractivity contribution in [3.63, 3.8) is 0 Å². The van der Waals surface area contributed by atoms with E-state index in [9.17, 15) is 4.79 Å². The van der Waals surface area contributed by atoms with E-state index in [0.717, 1.165) is 6.54 Å². The maximum atomic E-state index is 11.0. The van der Waals surface area contributed by atoms with Gasteiger partial charge in [0.05, 0.1) is 0 Å². The summed E-state index contributed by atoms with van der Waals surface area (Å²) >= 11 is 0. The Kier molecular flexibility index (Phi) is 7.45. The molecule has 0 heterocycles. The van der Waals surface area contributed by atoms with Crippen LogP contribution in [0.4, 0.5) is 0 Å². The summed E-state index contributed by atoms with van der Waals surface area (Å²) in [7, 11) is 0. The Morgan fingerprint density at radius 1 is 1.00 bits per heavy atom. The van der Waals surface area contributed by atoms with Crippen molar-refractivity contribution in [2.24, 2.45) is 5.41 Å². The lowest BCUT2D eigenvalue weighted by atomic mass is 9.75. The SMILES string of the molecule is CCCC(CCC)(CCC)CNC(C)=O. The summed E-state index contributed by atoms with van der Waals surface area (Å²) in [6.45, 7) is 9.15. The molecule has 15 heavy (non-hydrogen) atoms. The van der Waals surface area contributed by atoms with Crippen molar-refractivity contribution in [1.29, 1.82) is 0 Å². The Labute approximate surface area is 94.8 Å². The zero-order chi connectivity index (χ0) is 11.7. The molecule has 0 atom stereocenters. The molecule has 0 aromatic heterocycles. The highest BCUT2D eigenvalue weighted by atomic mass is 16.1. The molecule has 1 N–H and O–H groups in total. The largest absolute Gasteiger partial charge is 0.356 e. The lowest BCUT2D eigenvalue weighted by Crippen LogP contribution is -2.36. The Balaban J connectivity index is 4.37. The molecule has 2 nitrogen and oxygen atoms in total. The van der Waals surface area contributed by atoms with Gasteiger partial charge in [-0.1, -0.05) is 40.0 Å². The summed E-state index contributed by atoms with van der Waals surface area (Å²) in [5.74, 6) is 0.0997. The predicted molar refractivity (Wildman–Crippen MR) is 65.8 cm³/mol. The fourth-order valence-electron chi connectivity index (χ4n) is 2.54. The predicted octanol–water partition coefficient (Wildman–Crippen LogP) is 3.51. The van der Waals surface area contributed by atoms with Crippen molar-refractivity contribution in [2.75, 3.05) is 6.54 Å². The van der Waals surface area contributed by atoms with E-state index in [1.165, 1.54) is 38.5 Å². The minimum absolute atomic E-state index is 0.0997. The Hall–Kier alpha value is -0.530. The second kappa shape index (κ2) is 7.72. The highest BCUT2D eigenvalue weighted by Crippen LogP contribution is 2.34. The lowest BCUT2D eigenvalue weighted by molar-refractivity contribution is -0.119. The Morgan fingerprint density at radius 2 is 1.40 bits per heavy atom. The molecule has 0 radical (unpaired) electrons. The maximum absolute atomic E-state index is 11.0. The van der Waals surface area contributed by atoms with Crippen LogP contribution in [0.3, 0.4) is 0 Å². The molecule has 0 spiro atoms. The third-order valence-electron chi connectivity index (χ3n) is 3.05. The van der Waals surface area contributed by atoms with E-state index in [0.29, 0.717) is 5.41 Å². The first-order valence-corrected chi connectivity index (χ1v) is 6.34. The smallest absolute Gasteiger partial charge is 0.216 e. The van der Waals surface area contributed by atoms with Gasteiger partial charge in [-0.2, -0.15) is 0 Å². The number of carbonyl (C=O) groups excluding carboxylic acids is 1. The topological polar surface area (TPSA) is 29.1 Å². The Bertz CT molecular complexity index is 160. The van der Waals surface area contributed by atoms with Gasteiger partial charge >= 0.3 is 0 Å². The van der Waals surface area contributed by atoms with Gasteiger partial charge < -0.3 is 5.32 Å². The second-order valence-corrected chi connectivity index (χ2v) is 4.66. The van der Waals surface area contributed by atoms with Gasteiger partial charge in [-0.15, -0.1) is 0 Å². The third-order valence-corrected chi connectivity index (χ3v) is 3.05. The summed E-state index contributed by atoms with van der Waals surface area (Å²) in [5.41, 5.74) is 0.351. The first kappa shape index (κ1) is 14.5. The van der Waals surface area contributed by atoms with E-state index >= 15 is 0 Å². The summed E-state index contributed by atoms with van der Waals surface area (Å²) < 4.78 is 0. The average Bonchev–Trinajstić information content (AvgIpc) is 2.16. The number of rotatable bonds is 8. The minimum Gasteiger partial charge on any atom is -0.356 e. The molecule has 0 aromatic rings. The molecule has 0 saturated heterocycles. The average molecular weight is 213 g/mol. The van der Waals surface area contributed by atoms with Crippen LogP contribution in [-0.2, 0) is 4.79 Å². The summed E-state index contributed by atoms with van der Waals surface area (Å²) in [5, 5.41) is 3.00.